The van der Waals surface area contributed by atoms with Gasteiger partial charge in [-0.05, 0) is 12.1 Å². The maximum atomic E-state index is 8.19. The summed E-state index contributed by atoms with van der Waals surface area (Å²) in [6, 6.07) is 11.4. The van der Waals surface area contributed by atoms with Gasteiger partial charge in [0.25, 0.3) is 0 Å². The number of nitriles is 1. The highest BCUT2D eigenvalue weighted by molar-refractivity contribution is 7.95. The average Bonchev–Trinajstić information content (AvgIpc) is 2.07. The van der Waals surface area contributed by atoms with Crippen molar-refractivity contribution in [3.63, 3.8) is 0 Å². The van der Waals surface area contributed by atoms with E-state index in [0.29, 0.717) is 5.75 Å². The van der Waals surface area contributed by atoms with E-state index in [2.05, 4.69) is 0 Å². The van der Waals surface area contributed by atoms with Crippen LogP contribution in [0.1, 0.15) is 0 Å². The molecular formula is C8H7NOS. The number of benzene rings is 1. The number of rotatable bonds is 3. The molecule has 1 rings (SSSR count). The van der Waals surface area contributed by atoms with Crippen LogP contribution in [-0.4, -0.2) is 5.75 Å². The summed E-state index contributed by atoms with van der Waals surface area (Å²) in [5, 5.41) is 8.19. The van der Waals surface area contributed by atoms with Crippen LogP contribution in [0.25, 0.3) is 0 Å². The second kappa shape index (κ2) is 4.64. The Balaban J connectivity index is 2.35. The standard InChI is InChI=1S/C8H7NOS/c9-6-7-11-10-8-4-2-1-3-5-8/h1-5H,7H2. The molecular weight excluding hydrogens is 158 g/mol. The molecule has 0 amide bonds. The molecule has 0 fully saturated rings. The van der Waals surface area contributed by atoms with E-state index in [1.807, 2.05) is 36.4 Å². The molecule has 0 aliphatic heterocycles. The summed E-state index contributed by atoms with van der Waals surface area (Å²) < 4.78 is 5.14. The van der Waals surface area contributed by atoms with Gasteiger partial charge in [0, 0.05) is 0 Å². The molecule has 11 heavy (non-hydrogen) atoms. The molecule has 0 bridgehead atoms. The Morgan fingerprint density at radius 3 is 2.73 bits per heavy atom. The Morgan fingerprint density at radius 1 is 1.36 bits per heavy atom. The predicted molar refractivity (Wildman–Crippen MR) is 45.1 cm³/mol. The molecule has 0 aliphatic carbocycles. The van der Waals surface area contributed by atoms with Gasteiger partial charge in [0.1, 0.15) is 11.5 Å². The van der Waals surface area contributed by atoms with Gasteiger partial charge in [-0.25, -0.2) is 0 Å². The minimum atomic E-state index is 0.356. The van der Waals surface area contributed by atoms with Crippen molar-refractivity contribution in [2.75, 3.05) is 5.75 Å². The van der Waals surface area contributed by atoms with E-state index >= 15 is 0 Å². The van der Waals surface area contributed by atoms with Gasteiger partial charge in [0.15, 0.2) is 0 Å². The Morgan fingerprint density at radius 2 is 2.09 bits per heavy atom. The fourth-order valence-corrected chi connectivity index (χ4v) is 0.959. The second-order valence-electron chi connectivity index (χ2n) is 1.82. The zero-order valence-electron chi connectivity index (χ0n) is 5.86. The van der Waals surface area contributed by atoms with Gasteiger partial charge in [-0.1, -0.05) is 18.2 Å². The molecule has 1 aromatic rings. The number of hydrogen-bond donors (Lipinski definition) is 0. The van der Waals surface area contributed by atoms with Crippen molar-refractivity contribution in [2.24, 2.45) is 0 Å². The van der Waals surface area contributed by atoms with Crippen molar-refractivity contribution >= 4 is 12.0 Å². The molecule has 0 radical (unpaired) electrons. The predicted octanol–water partition coefficient (Wildman–Crippen LogP) is 2.24. The first-order valence-electron chi connectivity index (χ1n) is 3.15. The van der Waals surface area contributed by atoms with Crippen LogP contribution in [0.3, 0.4) is 0 Å². The summed E-state index contributed by atoms with van der Waals surface area (Å²) in [5.74, 6) is 1.14. The molecule has 0 heterocycles. The topological polar surface area (TPSA) is 33.0 Å². The zero-order valence-corrected chi connectivity index (χ0v) is 6.67. The van der Waals surface area contributed by atoms with Crippen molar-refractivity contribution in [2.45, 2.75) is 0 Å². The van der Waals surface area contributed by atoms with E-state index in [-0.39, 0.29) is 0 Å². The van der Waals surface area contributed by atoms with Crippen LogP contribution in [-0.2, 0) is 0 Å². The quantitative estimate of drug-likeness (QED) is 0.508. The maximum Gasteiger partial charge on any atom is 0.137 e. The smallest absolute Gasteiger partial charge is 0.137 e. The second-order valence-corrected chi connectivity index (χ2v) is 2.51. The van der Waals surface area contributed by atoms with Crippen LogP contribution in [0.2, 0.25) is 0 Å². The molecule has 56 valence electrons. The fourth-order valence-electron chi connectivity index (χ4n) is 0.600. The van der Waals surface area contributed by atoms with Crippen LogP contribution >= 0.6 is 12.0 Å². The first kappa shape index (κ1) is 7.96. The van der Waals surface area contributed by atoms with E-state index in [0.717, 1.165) is 17.8 Å². The number of hydrogen-bond acceptors (Lipinski definition) is 3. The molecule has 0 saturated carbocycles. The van der Waals surface area contributed by atoms with Gasteiger partial charge < -0.3 is 4.18 Å². The van der Waals surface area contributed by atoms with Crippen molar-refractivity contribution in [3.8, 4) is 11.8 Å². The van der Waals surface area contributed by atoms with Crippen molar-refractivity contribution < 1.29 is 4.18 Å². The van der Waals surface area contributed by atoms with Gasteiger partial charge >= 0.3 is 0 Å². The Hall–Kier alpha value is -1.14. The maximum absolute atomic E-state index is 8.19. The first-order chi connectivity index (χ1) is 5.43. The van der Waals surface area contributed by atoms with E-state index < -0.39 is 0 Å². The molecule has 0 N–H and O–H groups in total. The lowest BCUT2D eigenvalue weighted by molar-refractivity contribution is 0.648. The van der Waals surface area contributed by atoms with E-state index in [1.165, 1.54) is 0 Å². The largest absolute Gasteiger partial charge is 0.425 e. The van der Waals surface area contributed by atoms with Gasteiger partial charge in [-0.3, -0.25) is 0 Å². The Labute approximate surface area is 70.0 Å². The molecule has 3 heteroatoms. The van der Waals surface area contributed by atoms with E-state index in [1.54, 1.807) is 0 Å². The zero-order chi connectivity index (χ0) is 7.94. The van der Waals surface area contributed by atoms with Crippen molar-refractivity contribution in [3.05, 3.63) is 30.3 Å². The molecule has 0 unspecified atom stereocenters. The van der Waals surface area contributed by atoms with Gasteiger partial charge in [0.2, 0.25) is 0 Å². The van der Waals surface area contributed by atoms with Gasteiger partial charge in [0.05, 0.1) is 18.1 Å². The van der Waals surface area contributed by atoms with Crippen LogP contribution in [0.4, 0.5) is 0 Å². The van der Waals surface area contributed by atoms with Crippen molar-refractivity contribution in [1.82, 2.24) is 0 Å². The van der Waals surface area contributed by atoms with Gasteiger partial charge in [-0.15, -0.1) is 0 Å². The van der Waals surface area contributed by atoms with Crippen LogP contribution in [0, 0.1) is 11.3 Å². The highest BCUT2D eigenvalue weighted by atomic mass is 32.2. The molecule has 0 aliphatic rings. The molecule has 0 saturated heterocycles. The lowest BCUT2D eigenvalue weighted by Crippen LogP contribution is -1.81. The Kier molecular flexibility index (Phi) is 3.36. The van der Waals surface area contributed by atoms with Crippen LogP contribution in [0.5, 0.6) is 5.75 Å². The molecule has 2 nitrogen and oxygen atoms in total. The van der Waals surface area contributed by atoms with E-state index in [9.17, 15) is 0 Å². The van der Waals surface area contributed by atoms with Gasteiger partial charge in [-0.2, -0.15) is 5.26 Å². The fraction of sp³-hybridized carbons (Fsp3) is 0.125. The third kappa shape index (κ3) is 2.96. The van der Waals surface area contributed by atoms with E-state index in [4.69, 9.17) is 9.44 Å². The first-order valence-corrected chi connectivity index (χ1v) is 4.06. The van der Waals surface area contributed by atoms with Crippen LogP contribution < -0.4 is 4.18 Å². The van der Waals surface area contributed by atoms with Crippen molar-refractivity contribution in [1.29, 1.82) is 5.26 Å². The lowest BCUT2D eigenvalue weighted by atomic mass is 10.3. The highest BCUT2D eigenvalue weighted by Gasteiger charge is 1.90. The summed E-state index contributed by atoms with van der Waals surface area (Å²) in [5.41, 5.74) is 0. The summed E-state index contributed by atoms with van der Waals surface area (Å²) in [6.07, 6.45) is 0. The van der Waals surface area contributed by atoms with Crippen LogP contribution in [0.15, 0.2) is 30.3 Å². The Bertz CT molecular complexity index is 242. The molecule has 0 aromatic heterocycles. The third-order valence-electron chi connectivity index (χ3n) is 1.02. The SMILES string of the molecule is N#CCSOc1ccccc1. The third-order valence-corrected chi connectivity index (χ3v) is 1.58. The molecule has 1 aromatic carbocycles. The minimum Gasteiger partial charge on any atom is -0.425 e. The highest BCUT2D eigenvalue weighted by Crippen LogP contribution is 2.14. The summed E-state index contributed by atoms with van der Waals surface area (Å²) in [6.45, 7) is 0. The monoisotopic (exact) mass is 165 g/mol. The molecule has 0 spiro atoms. The summed E-state index contributed by atoms with van der Waals surface area (Å²) >= 11 is 1.15. The minimum absolute atomic E-state index is 0.356. The average molecular weight is 165 g/mol. The molecule has 0 atom stereocenters. The number of nitrogens with zero attached hydrogens (tertiary/aromatic N) is 1. The summed E-state index contributed by atoms with van der Waals surface area (Å²) in [4.78, 5) is 0. The summed E-state index contributed by atoms with van der Waals surface area (Å²) in [7, 11) is 0. The normalized spacial score (nSPS) is 8.64. The number of para-hydroxylation sites is 1. The lowest BCUT2D eigenvalue weighted by Gasteiger charge is -1.98.